The van der Waals surface area contributed by atoms with E-state index in [0.29, 0.717) is 13.2 Å². The van der Waals surface area contributed by atoms with Crippen LogP contribution >= 0.6 is 0 Å². The molecule has 1 atom stereocenters. The Labute approximate surface area is 127 Å². The Balaban J connectivity index is 1.47. The van der Waals surface area contributed by atoms with Gasteiger partial charge in [-0.15, -0.1) is 0 Å². The van der Waals surface area contributed by atoms with E-state index in [0.717, 1.165) is 43.5 Å². The first-order valence-corrected chi connectivity index (χ1v) is 8.16. The van der Waals surface area contributed by atoms with E-state index in [4.69, 9.17) is 9.47 Å². The molecule has 0 aliphatic carbocycles. The number of hydrogen-bond donors (Lipinski definition) is 1. The van der Waals surface area contributed by atoms with Gasteiger partial charge in [0.25, 0.3) is 0 Å². The van der Waals surface area contributed by atoms with Crippen LogP contribution in [0.1, 0.15) is 18.9 Å². The summed E-state index contributed by atoms with van der Waals surface area (Å²) in [5.41, 5.74) is 1.34. The van der Waals surface area contributed by atoms with Gasteiger partial charge in [-0.25, -0.2) is 0 Å². The summed E-state index contributed by atoms with van der Waals surface area (Å²) in [6.07, 6.45) is 2.42. The summed E-state index contributed by atoms with van der Waals surface area (Å²) >= 11 is 0. The maximum Gasteiger partial charge on any atom is 0.161 e. The van der Waals surface area contributed by atoms with Crippen LogP contribution in [0.15, 0.2) is 18.2 Å². The monoisotopic (exact) mass is 290 g/mol. The van der Waals surface area contributed by atoms with Gasteiger partial charge in [-0.05, 0) is 56.1 Å². The van der Waals surface area contributed by atoms with Gasteiger partial charge in [0.15, 0.2) is 11.5 Å². The second-order valence-corrected chi connectivity index (χ2v) is 5.99. The molecule has 1 N–H and O–H groups in total. The van der Waals surface area contributed by atoms with Crippen molar-refractivity contribution < 1.29 is 9.47 Å². The lowest BCUT2D eigenvalue weighted by molar-refractivity contribution is 0.171. The molecular formula is C17H26N2O2. The molecule has 116 valence electrons. The van der Waals surface area contributed by atoms with Gasteiger partial charge in [0, 0.05) is 13.1 Å². The van der Waals surface area contributed by atoms with Crippen molar-refractivity contribution in [2.75, 3.05) is 45.9 Å². The van der Waals surface area contributed by atoms with Gasteiger partial charge in [-0.3, -0.25) is 0 Å². The van der Waals surface area contributed by atoms with E-state index in [1.165, 1.54) is 25.1 Å². The predicted molar refractivity (Wildman–Crippen MR) is 84.2 cm³/mol. The summed E-state index contributed by atoms with van der Waals surface area (Å²) in [5, 5.41) is 3.46. The standard InChI is InChI=1S/C17H26N2O2/c1-2-18-12-15-6-8-19(13-15)7-5-14-3-4-16-17(11-14)21-10-9-20-16/h3-4,11,15,18H,2,5-10,12-13H2,1H3. The van der Waals surface area contributed by atoms with Crippen LogP contribution in [-0.4, -0.2) is 50.8 Å². The minimum atomic E-state index is 0.660. The topological polar surface area (TPSA) is 33.7 Å². The average Bonchev–Trinajstić information content (AvgIpc) is 2.98. The summed E-state index contributed by atoms with van der Waals surface area (Å²) in [7, 11) is 0. The number of ether oxygens (including phenoxy) is 2. The molecule has 2 aliphatic heterocycles. The van der Waals surface area contributed by atoms with Gasteiger partial charge in [0.05, 0.1) is 0 Å². The lowest BCUT2D eigenvalue weighted by Gasteiger charge is -2.20. The number of hydrogen-bond acceptors (Lipinski definition) is 4. The largest absolute Gasteiger partial charge is 0.486 e. The number of benzene rings is 1. The first kappa shape index (κ1) is 14.7. The lowest BCUT2D eigenvalue weighted by Crippen LogP contribution is -2.27. The van der Waals surface area contributed by atoms with Gasteiger partial charge >= 0.3 is 0 Å². The molecule has 0 aromatic heterocycles. The zero-order valence-corrected chi connectivity index (χ0v) is 12.9. The summed E-state index contributed by atoms with van der Waals surface area (Å²) in [5.74, 6) is 2.62. The highest BCUT2D eigenvalue weighted by atomic mass is 16.6. The Morgan fingerprint density at radius 1 is 1.24 bits per heavy atom. The summed E-state index contributed by atoms with van der Waals surface area (Å²) in [4.78, 5) is 2.58. The Hall–Kier alpha value is -1.26. The maximum atomic E-state index is 5.65. The fraction of sp³-hybridized carbons (Fsp3) is 0.647. The van der Waals surface area contributed by atoms with E-state index in [1.54, 1.807) is 0 Å². The molecule has 4 nitrogen and oxygen atoms in total. The van der Waals surface area contributed by atoms with Gasteiger partial charge in [0.1, 0.15) is 13.2 Å². The minimum Gasteiger partial charge on any atom is -0.486 e. The Morgan fingerprint density at radius 2 is 2.10 bits per heavy atom. The predicted octanol–water partition coefficient (Wildman–Crippen LogP) is 1.93. The van der Waals surface area contributed by atoms with Crippen LogP contribution < -0.4 is 14.8 Å². The van der Waals surface area contributed by atoms with E-state index in [2.05, 4.69) is 29.3 Å². The molecule has 0 radical (unpaired) electrons. The van der Waals surface area contributed by atoms with Crippen molar-refractivity contribution in [1.29, 1.82) is 0 Å². The third kappa shape index (κ3) is 3.89. The fourth-order valence-electron chi connectivity index (χ4n) is 3.16. The van der Waals surface area contributed by atoms with Gasteiger partial charge in [0.2, 0.25) is 0 Å². The molecule has 1 saturated heterocycles. The van der Waals surface area contributed by atoms with Gasteiger partial charge in [-0.2, -0.15) is 0 Å². The normalized spacial score (nSPS) is 21.7. The van der Waals surface area contributed by atoms with E-state index >= 15 is 0 Å². The molecule has 0 spiro atoms. The lowest BCUT2D eigenvalue weighted by atomic mass is 10.1. The Morgan fingerprint density at radius 3 is 2.95 bits per heavy atom. The van der Waals surface area contributed by atoms with Crippen molar-refractivity contribution in [2.45, 2.75) is 19.8 Å². The molecule has 4 heteroatoms. The van der Waals surface area contributed by atoms with Crippen molar-refractivity contribution in [2.24, 2.45) is 5.92 Å². The van der Waals surface area contributed by atoms with E-state index in [-0.39, 0.29) is 0 Å². The van der Waals surface area contributed by atoms with Crippen LogP contribution in [0.2, 0.25) is 0 Å². The second kappa shape index (κ2) is 7.14. The first-order valence-electron chi connectivity index (χ1n) is 8.16. The van der Waals surface area contributed by atoms with Crippen molar-refractivity contribution in [3.63, 3.8) is 0 Å². The number of fused-ring (bicyclic) bond motifs is 1. The fourth-order valence-corrected chi connectivity index (χ4v) is 3.16. The smallest absolute Gasteiger partial charge is 0.161 e. The van der Waals surface area contributed by atoms with Crippen LogP contribution in [-0.2, 0) is 6.42 Å². The van der Waals surface area contributed by atoms with Crippen molar-refractivity contribution in [3.05, 3.63) is 23.8 Å². The molecule has 1 aromatic carbocycles. The zero-order chi connectivity index (χ0) is 14.5. The Kier molecular flexibility index (Phi) is 4.99. The first-order chi connectivity index (χ1) is 10.3. The zero-order valence-electron chi connectivity index (χ0n) is 12.9. The third-order valence-corrected chi connectivity index (χ3v) is 4.38. The quantitative estimate of drug-likeness (QED) is 0.868. The molecule has 0 amide bonds. The summed E-state index contributed by atoms with van der Waals surface area (Å²) in [6, 6.07) is 6.35. The van der Waals surface area contributed by atoms with Crippen LogP contribution in [0.4, 0.5) is 0 Å². The maximum absolute atomic E-state index is 5.65. The van der Waals surface area contributed by atoms with E-state index in [1.807, 2.05) is 6.07 Å². The molecule has 1 aromatic rings. The minimum absolute atomic E-state index is 0.660. The molecular weight excluding hydrogens is 264 g/mol. The molecule has 3 rings (SSSR count). The summed E-state index contributed by atoms with van der Waals surface area (Å²) < 4.78 is 11.2. The van der Waals surface area contributed by atoms with E-state index < -0.39 is 0 Å². The number of likely N-dealkylation sites (tertiary alicyclic amines) is 1. The highest BCUT2D eigenvalue weighted by Gasteiger charge is 2.21. The van der Waals surface area contributed by atoms with Crippen molar-refractivity contribution >= 4 is 0 Å². The Bertz CT molecular complexity index is 464. The van der Waals surface area contributed by atoms with E-state index in [9.17, 15) is 0 Å². The summed E-state index contributed by atoms with van der Waals surface area (Å²) in [6.45, 7) is 9.35. The molecule has 21 heavy (non-hydrogen) atoms. The molecule has 0 bridgehead atoms. The molecule has 1 fully saturated rings. The van der Waals surface area contributed by atoms with Crippen LogP contribution in [0.25, 0.3) is 0 Å². The van der Waals surface area contributed by atoms with Gasteiger partial charge in [-0.1, -0.05) is 13.0 Å². The van der Waals surface area contributed by atoms with Crippen molar-refractivity contribution in [3.8, 4) is 11.5 Å². The molecule has 1 unspecified atom stereocenters. The SMILES string of the molecule is CCNCC1CCN(CCc2ccc3c(c2)OCCO3)C1. The van der Waals surface area contributed by atoms with Crippen LogP contribution in [0, 0.1) is 5.92 Å². The average molecular weight is 290 g/mol. The van der Waals surface area contributed by atoms with Gasteiger partial charge < -0.3 is 19.7 Å². The second-order valence-electron chi connectivity index (χ2n) is 5.99. The van der Waals surface area contributed by atoms with Crippen LogP contribution in [0.5, 0.6) is 11.5 Å². The highest BCUT2D eigenvalue weighted by Crippen LogP contribution is 2.31. The molecule has 2 aliphatic rings. The number of nitrogens with one attached hydrogen (secondary N) is 1. The number of nitrogens with zero attached hydrogens (tertiary/aromatic N) is 1. The molecule has 2 heterocycles. The third-order valence-electron chi connectivity index (χ3n) is 4.38. The van der Waals surface area contributed by atoms with Crippen molar-refractivity contribution in [1.82, 2.24) is 10.2 Å². The number of rotatable bonds is 6. The highest BCUT2D eigenvalue weighted by molar-refractivity contribution is 5.43. The van der Waals surface area contributed by atoms with Crippen LogP contribution in [0.3, 0.4) is 0 Å². The molecule has 0 saturated carbocycles.